The summed E-state index contributed by atoms with van der Waals surface area (Å²) >= 11 is 0. The highest BCUT2D eigenvalue weighted by molar-refractivity contribution is 5.72. The van der Waals surface area contributed by atoms with E-state index in [0.29, 0.717) is 17.9 Å². The molecular weight excluding hydrogens is 422 g/mol. The summed E-state index contributed by atoms with van der Waals surface area (Å²) in [5, 5.41) is 0. The minimum atomic E-state index is -0.238. The van der Waals surface area contributed by atoms with Gasteiger partial charge >= 0.3 is 5.97 Å². The van der Waals surface area contributed by atoms with Crippen LogP contribution in [0.4, 0.5) is 0 Å². The van der Waals surface area contributed by atoms with E-state index in [0.717, 1.165) is 37.0 Å². The van der Waals surface area contributed by atoms with Crippen LogP contribution in [0, 0.1) is 11.8 Å². The smallest absolute Gasteiger partial charge is 0.311 e. The van der Waals surface area contributed by atoms with E-state index in [9.17, 15) is 4.79 Å². The van der Waals surface area contributed by atoms with Gasteiger partial charge in [-0.2, -0.15) is 0 Å². The van der Waals surface area contributed by atoms with Crippen LogP contribution in [0.1, 0.15) is 109 Å². The third-order valence-corrected chi connectivity index (χ3v) is 6.24. The summed E-state index contributed by atoms with van der Waals surface area (Å²) in [7, 11) is 0. The van der Waals surface area contributed by atoms with Crippen molar-refractivity contribution >= 4 is 5.97 Å². The van der Waals surface area contributed by atoms with Gasteiger partial charge in [-0.1, -0.05) is 52.9 Å². The van der Waals surface area contributed by atoms with Crippen LogP contribution in [-0.4, -0.2) is 16.6 Å². The number of aromatic nitrogens is 1. The molecule has 1 aliphatic heterocycles. The predicted molar refractivity (Wildman–Crippen MR) is 137 cm³/mol. The molecule has 0 spiro atoms. The monoisotopic (exact) mass is 461 g/mol. The summed E-state index contributed by atoms with van der Waals surface area (Å²) in [4.78, 5) is 16.1. The quantitative estimate of drug-likeness (QED) is 0.238. The molecule has 0 bridgehead atoms. The minimum absolute atomic E-state index is 0.0104. The third-order valence-electron chi connectivity index (χ3n) is 6.24. The number of carbonyl (C=O) groups is 1. The molecule has 0 N–H and O–H groups in total. The highest BCUT2D eigenvalue weighted by Gasteiger charge is 2.39. The Balaban J connectivity index is 1.89. The number of benzene rings is 1. The zero-order valence-corrected chi connectivity index (χ0v) is 21.7. The first kappa shape index (κ1) is 25.8. The molecule has 1 aromatic carbocycles. The Labute approximate surface area is 205 Å². The Morgan fingerprint density at radius 3 is 2.53 bits per heavy atom. The van der Waals surface area contributed by atoms with Crippen LogP contribution in [0.2, 0.25) is 0 Å². The van der Waals surface area contributed by atoms with Gasteiger partial charge in [-0.3, -0.25) is 4.79 Å². The number of rotatable bonds is 8. The van der Waals surface area contributed by atoms with Crippen molar-refractivity contribution in [3.63, 3.8) is 0 Å². The topological polar surface area (TPSA) is 48.4 Å². The summed E-state index contributed by atoms with van der Waals surface area (Å²) < 4.78 is 11.7. The molecule has 2 aromatic rings. The average molecular weight is 462 g/mol. The Hall–Kier alpha value is -2.80. The van der Waals surface area contributed by atoms with E-state index >= 15 is 0 Å². The molecule has 4 heteroatoms. The van der Waals surface area contributed by atoms with Gasteiger partial charge in [0.1, 0.15) is 22.8 Å². The first-order valence-corrected chi connectivity index (χ1v) is 12.7. The van der Waals surface area contributed by atoms with Crippen molar-refractivity contribution in [2.75, 3.05) is 0 Å². The number of hydrogen-bond donors (Lipinski definition) is 0. The van der Waals surface area contributed by atoms with Crippen LogP contribution in [0.15, 0.2) is 30.5 Å². The molecule has 0 aliphatic carbocycles. The molecule has 3 rings (SSSR count). The van der Waals surface area contributed by atoms with Crippen molar-refractivity contribution in [3.8, 4) is 23.3 Å². The highest BCUT2D eigenvalue weighted by Crippen LogP contribution is 2.45. The lowest BCUT2D eigenvalue weighted by Gasteiger charge is -2.42. The van der Waals surface area contributed by atoms with E-state index in [-0.39, 0.29) is 17.0 Å². The SMILES string of the molecule is CCCCCCc1cc2c(cc1C#Cc1ccc(OC(=O)CCC)cn1)C(C)(C)CC(C)(C)O2. The fourth-order valence-corrected chi connectivity index (χ4v) is 4.83. The summed E-state index contributed by atoms with van der Waals surface area (Å²) in [6.45, 7) is 13.1. The van der Waals surface area contributed by atoms with E-state index in [1.165, 1.54) is 30.4 Å². The zero-order valence-electron chi connectivity index (χ0n) is 21.7. The average Bonchev–Trinajstić information content (AvgIpc) is 2.75. The predicted octanol–water partition coefficient (Wildman–Crippen LogP) is 7.15. The first-order valence-electron chi connectivity index (χ1n) is 12.7. The standard InChI is InChI=1S/C30H39NO3/c1-7-9-10-11-13-22-19-27-26(29(3,4)21-30(5,6)34-27)18-23(22)14-15-24-16-17-25(20-31-24)33-28(32)12-8-2/h16-20H,7-13,21H2,1-6H3. The van der Waals surface area contributed by atoms with Crippen molar-refractivity contribution in [1.29, 1.82) is 0 Å². The number of unbranched alkanes of at least 4 members (excludes halogenated alkanes) is 3. The lowest BCUT2D eigenvalue weighted by atomic mass is 9.73. The molecule has 1 aliphatic rings. The Morgan fingerprint density at radius 1 is 1.06 bits per heavy atom. The second kappa shape index (κ2) is 11.1. The van der Waals surface area contributed by atoms with Gasteiger partial charge < -0.3 is 9.47 Å². The van der Waals surface area contributed by atoms with Crippen LogP contribution in [0.25, 0.3) is 0 Å². The molecule has 0 amide bonds. The van der Waals surface area contributed by atoms with Crippen molar-refractivity contribution in [1.82, 2.24) is 4.98 Å². The van der Waals surface area contributed by atoms with Crippen LogP contribution < -0.4 is 9.47 Å². The number of nitrogens with zero attached hydrogens (tertiary/aromatic N) is 1. The van der Waals surface area contributed by atoms with Gasteiger partial charge in [0.15, 0.2) is 0 Å². The van der Waals surface area contributed by atoms with Crippen LogP contribution in [0.5, 0.6) is 11.5 Å². The van der Waals surface area contributed by atoms with E-state index in [4.69, 9.17) is 9.47 Å². The number of ether oxygens (including phenoxy) is 2. The second-order valence-electron chi connectivity index (χ2n) is 10.6. The Morgan fingerprint density at radius 2 is 1.85 bits per heavy atom. The Kier molecular flexibility index (Phi) is 8.42. The molecule has 182 valence electrons. The highest BCUT2D eigenvalue weighted by atomic mass is 16.5. The van der Waals surface area contributed by atoms with E-state index in [1.807, 2.05) is 6.92 Å². The van der Waals surface area contributed by atoms with Gasteiger partial charge in [-0.15, -0.1) is 0 Å². The molecule has 34 heavy (non-hydrogen) atoms. The maximum atomic E-state index is 11.7. The lowest BCUT2D eigenvalue weighted by Crippen LogP contribution is -2.41. The number of hydrogen-bond acceptors (Lipinski definition) is 4. The van der Waals surface area contributed by atoms with Crippen LogP contribution >= 0.6 is 0 Å². The minimum Gasteiger partial charge on any atom is -0.488 e. The van der Waals surface area contributed by atoms with Crippen molar-refractivity contribution in [3.05, 3.63) is 52.8 Å². The van der Waals surface area contributed by atoms with Gasteiger partial charge in [0.2, 0.25) is 0 Å². The summed E-state index contributed by atoms with van der Waals surface area (Å²) in [6, 6.07) is 8.00. The van der Waals surface area contributed by atoms with Crippen LogP contribution in [-0.2, 0) is 16.6 Å². The maximum absolute atomic E-state index is 11.7. The largest absolute Gasteiger partial charge is 0.488 e. The second-order valence-corrected chi connectivity index (χ2v) is 10.6. The molecule has 0 saturated heterocycles. The molecule has 1 aromatic heterocycles. The molecule has 0 fully saturated rings. The number of aryl methyl sites for hydroxylation is 1. The molecule has 0 unspecified atom stereocenters. The van der Waals surface area contributed by atoms with Gasteiger partial charge in [-0.25, -0.2) is 4.98 Å². The van der Waals surface area contributed by atoms with E-state index in [2.05, 4.69) is 63.6 Å². The molecule has 0 atom stereocenters. The summed E-state index contributed by atoms with van der Waals surface area (Å²) in [5.41, 5.74) is 3.99. The molecule has 0 saturated carbocycles. The number of esters is 1. The maximum Gasteiger partial charge on any atom is 0.311 e. The molecule has 4 nitrogen and oxygen atoms in total. The zero-order chi connectivity index (χ0) is 24.8. The molecule has 2 heterocycles. The summed E-state index contributed by atoms with van der Waals surface area (Å²) in [6.07, 6.45) is 9.50. The van der Waals surface area contributed by atoms with E-state index in [1.54, 1.807) is 18.3 Å². The fourth-order valence-electron chi connectivity index (χ4n) is 4.83. The number of carbonyl (C=O) groups excluding carboxylic acids is 1. The normalized spacial score (nSPS) is 15.5. The van der Waals surface area contributed by atoms with Gasteiger partial charge in [-0.05, 0) is 80.7 Å². The first-order chi connectivity index (χ1) is 16.1. The van der Waals surface area contributed by atoms with Crippen molar-refractivity contribution < 1.29 is 14.3 Å². The number of fused-ring (bicyclic) bond motifs is 1. The van der Waals surface area contributed by atoms with Crippen molar-refractivity contribution in [2.45, 2.75) is 104 Å². The molecular formula is C30H39NO3. The summed E-state index contributed by atoms with van der Waals surface area (Å²) in [5.74, 6) is 7.81. The Bertz CT molecular complexity index is 1050. The van der Waals surface area contributed by atoms with Crippen LogP contribution in [0.3, 0.4) is 0 Å². The fraction of sp³-hybridized carbons (Fsp3) is 0.533. The van der Waals surface area contributed by atoms with Crippen molar-refractivity contribution in [2.24, 2.45) is 0 Å². The van der Waals surface area contributed by atoms with Gasteiger partial charge in [0, 0.05) is 17.5 Å². The van der Waals surface area contributed by atoms with E-state index < -0.39 is 0 Å². The lowest BCUT2D eigenvalue weighted by molar-refractivity contribution is -0.134. The van der Waals surface area contributed by atoms with Gasteiger partial charge in [0.05, 0.1) is 6.20 Å². The van der Waals surface area contributed by atoms with Gasteiger partial charge in [0.25, 0.3) is 0 Å². The third kappa shape index (κ3) is 6.86. The molecule has 0 radical (unpaired) electrons. The number of pyridine rings is 1.